The van der Waals surface area contributed by atoms with Gasteiger partial charge < -0.3 is 19.1 Å². The molecule has 0 unspecified atom stereocenters. The number of ketones is 1. The molecule has 0 N–H and O–H groups in total. The molecule has 9 nitrogen and oxygen atoms in total. The molecule has 3 aromatic carbocycles. The minimum absolute atomic E-state index is 0.0473. The first kappa shape index (κ1) is 28.2. The van der Waals surface area contributed by atoms with Crippen LogP contribution in [0, 0.1) is 12.8 Å². The smallest absolute Gasteiger partial charge is 0.343 e. The van der Waals surface area contributed by atoms with Crippen LogP contribution in [0.4, 0.5) is 5.69 Å². The molecule has 1 atom stereocenters. The number of ether oxygens (including phenoxy) is 3. The number of rotatable bonds is 10. The van der Waals surface area contributed by atoms with Crippen molar-refractivity contribution >= 4 is 35.3 Å². The fourth-order valence-corrected chi connectivity index (χ4v) is 4.07. The van der Waals surface area contributed by atoms with E-state index in [2.05, 4.69) is 0 Å². The molecule has 0 spiro atoms. The number of esters is 3. The van der Waals surface area contributed by atoms with Crippen molar-refractivity contribution in [2.75, 3.05) is 24.7 Å². The Morgan fingerprint density at radius 2 is 1.40 bits per heavy atom. The number of hydrogen-bond donors (Lipinski definition) is 0. The second kappa shape index (κ2) is 12.8. The van der Waals surface area contributed by atoms with Gasteiger partial charge in [0, 0.05) is 24.2 Å². The van der Waals surface area contributed by atoms with E-state index in [9.17, 15) is 24.0 Å². The fourth-order valence-electron chi connectivity index (χ4n) is 4.07. The van der Waals surface area contributed by atoms with Crippen LogP contribution in [0.1, 0.15) is 56.4 Å². The molecule has 0 saturated carbocycles. The highest BCUT2D eigenvalue weighted by molar-refractivity contribution is 6.01. The molecule has 206 valence electrons. The van der Waals surface area contributed by atoms with Crippen LogP contribution in [0.2, 0.25) is 0 Å². The first-order valence-electron chi connectivity index (χ1n) is 12.9. The lowest BCUT2D eigenvalue weighted by Crippen LogP contribution is -2.27. The van der Waals surface area contributed by atoms with Crippen LogP contribution in [0.25, 0.3) is 0 Å². The van der Waals surface area contributed by atoms with Crippen LogP contribution in [0.15, 0.2) is 72.8 Å². The van der Waals surface area contributed by atoms with E-state index in [-0.39, 0.29) is 30.2 Å². The predicted molar refractivity (Wildman–Crippen MR) is 145 cm³/mol. The largest absolute Gasteiger partial charge is 0.462 e. The van der Waals surface area contributed by atoms with E-state index in [1.165, 1.54) is 29.2 Å². The van der Waals surface area contributed by atoms with Crippen molar-refractivity contribution in [3.8, 4) is 5.75 Å². The molecule has 1 amide bonds. The van der Waals surface area contributed by atoms with Gasteiger partial charge >= 0.3 is 17.9 Å². The first-order valence-corrected chi connectivity index (χ1v) is 12.9. The molecule has 1 heterocycles. The maximum Gasteiger partial charge on any atom is 0.343 e. The van der Waals surface area contributed by atoms with E-state index < -0.39 is 36.2 Å². The first-order chi connectivity index (χ1) is 19.2. The van der Waals surface area contributed by atoms with Crippen molar-refractivity contribution in [2.45, 2.75) is 26.7 Å². The molecular formula is C31H29NO8. The molecule has 4 rings (SSSR count). The molecule has 0 radical (unpaired) electrons. The maximum atomic E-state index is 12.6. The Bertz CT molecular complexity index is 1390. The van der Waals surface area contributed by atoms with Crippen LogP contribution in [0.3, 0.4) is 0 Å². The number of hydrogen-bond acceptors (Lipinski definition) is 8. The molecule has 1 aliphatic rings. The number of benzene rings is 3. The summed E-state index contributed by atoms with van der Waals surface area (Å²) in [4.78, 5) is 63.4. The molecular weight excluding hydrogens is 514 g/mol. The average Bonchev–Trinajstić information content (AvgIpc) is 3.36. The number of amides is 1. The van der Waals surface area contributed by atoms with Crippen LogP contribution >= 0.6 is 0 Å². The lowest BCUT2D eigenvalue weighted by molar-refractivity contribution is -0.147. The third-order valence-electron chi connectivity index (χ3n) is 6.33. The summed E-state index contributed by atoms with van der Waals surface area (Å²) >= 11 is 0. The van der Waals surface area contributed by atoms with Crippen LogP contribution in [-0.4, -0.2) is 49.4 Å². The van der Waals surface area contributed by atoms with Gasteiger partial charge in [-0.25, -0.2) is 9.59 Å². The average molecular weight is 544 g/mol. The highest BCUT2D eigenvalue weighted by atomic mass is 16.5. The highest BCUT2D eigenvalue weighted by Crippen LogP contribution is 2.26. The molecule has 0 bridgehead atoms. The zero-order chi connectivity index (χ0) is 28.6. The molecule has 0 aromatic heterocycles. The summed E-state index contributed by atoms with van der Waals surface area (Å²) in [7, 11) is 0. The van der Waals surface area contributed by atoms with E-state index in [1.807, 2.05) is 26.0 Å². The van der Waals surface area contributed by atoms with Crippen molar-refractivity contribution < 1.29 is 38.2 Å². The highest BCUT2D eigenvalue weighted by Gasteiger charge is 2.36. The van der Waals surface area contributed by atoms with Gasteiger partial charge in [0.05, 0.1) is 23.7 Å². The summed E-state index contributed by atoms with van der Waals surface area (Å²) in [6, 6.07) is 19.3. The molecule has 9 heteroatoms. The van der Waals surface area contributed by atoms with E-state index in [1.54, 1.807) is 36.4 Å². The molecule has 40 heavy (non-hydrogen) atoms. The van der Waals surface area contributed by atoms with E-state index >= 15 is 0 Å². The lowest BCUT2D eigenvalue weighted by Gasteiger charge is -2.17. The van der Waals surface area contributed by atoms with Gasteiger partial charge in [-0.15, -0.1) is 0 Å². The van der Waals surface area contributed by atoms with Crippen LogP contribution < -0.4 is 9.64 Å². The molecule has 3 aromatic rings. The van der Waals surface area contributed by atoms with E-state index in [0.717, 1.165) is 5.56 Å². The second-order valence-corrected chi connectivity index (χ2v) is 9.40. The number of anilines is 1. The molecule has 0 aliphatic carbocycles. The topological polar surface area (TPSA) is 116 Å². The van der Waals surface area contributed by atoms with Gasteiger partial charge in [-0.05, 0) is 74.0 Å². The summed E-state index contributed by atoms with van der Waals surface area (Å²) in [5.41, 5.74) is 2.63. The van der Waals surface area contributed by atoms with Crippen LogP contribution in [-0.2, 0) is 19.1 Å². The van der Waals surface area contributed by atoms with E-state index in [4.69, 9.17) is 14.2 Å². The third kappa shape index (κ3) is 6.99. The Morgan fingerprint density at radius 3 is 2.05 bits per heavy atom. The van der Waals surface area contributed by atoms with E-state index in [0.29, 0.717) is 29.8 Å². The summed E-state index contributed by atoms with van der Waals surface area (Å²) < 4.78 is 15.7. The number of nitrogens with zero attached hydrogens (tertiary/aromatic N) is 1. The van der Waals surface area contributed by atoms with Crippen molar-refractivity contribution in [3.05, 3.63) is 95.1 Å². The van der Waals surface area contributed by atoms with Crippen molar-refractivity contribution in [1.29, 1.82) is 0 Å². The zero-order valence-electron chi connectivity index (χ0n) is 22.3. The standard InChI is InChI=1S/C31H29NO8/c1-3-16-38-29(35)22-8-12-25(13-9-22)32-18-24(17-28(32)34)30(36)39-19-27(33)21-10-14-26(15-11-21)40-31(37)23-6-4-20(2)5-7-23/h4-15,24H,3,16-19H2,1-2H3/t24-/m0/s1. The van der Waals surface area contributed by atoms with Gasteiger partial charge in [0.25, 0.3) is 0 Å². The van der Waals surface area contributed by atoms with Gasteiger partial charge in [0.1, 0.15) is 5.75 Å². The molecule has 1 fully saturated rings. The normalized spacial score (nSPS) is 14.5. The number of aryl methyl sites for hydroxylation is 1. The SMILES string of the molecule is CCCOC(=O)c1ccc(N2C[C@@H](C(=O)OCC(=O)c3ccc(OC(=O)c4ccc(C)cc4)cc3)CC2=O)cc1. The number of Topliss-reactive ketones (excluding diaryl/α,β-unsaturated/α-hetero) is 1. The van der Waals surface area contributed by atoms with Gasteiger partial charge in [0.2, 0.25) is 5.91 Å². The van der Waals surface area contributed by atoms with Gasteiger partial charge in [-0.1, -0.05) is 24.6 Å². The molecule has 1 aliphatic heterocycles. The summed E-state index contributed by atoms with van der Waals surface area (Å²) in [6.07, 6.45) is 0.669. The second-order valence-electron chi connectivity index (χ2n) is 9.40. The fraction of sp³-hybridized carbons (Fsp3) is 0.258. The summed E-state index contributed by atoms with van der Waals surface area (Å²) in [5, 5.41) is 0. The zero-order valence-corrected chi connectivity index (χ0v) is 22.3. The summed E-state index contributed by atoms with van der Waals surface area (Å²) in [5.74, 6) is -2.74. The Morgan fingerprint density at radius 1 is 0.800 bits per heavy atom. The minimum Gasteiger partial charge on any atom is -0.462 e. The lowest BCUT2D eigenvalue weighted by atomic mass is 10.1. The maximum absolute atomic E-state index is 12.6. The quantitative estimate of drug-likeness (QED) is 0.208. The minimum atomic E-state index is -0.724. The Kier molecular flexibility index (Phi) is 9.06. The number of carbonyl (C=O) groups excluding carboxylic acids is 5. The van der Waals surface area contributed by atoms with Crippen molar-refractivity contribution in [1.82, 2.24) is 0 Å². The Labute approximate surface area is 231 Å². The van der Waals surface area contributed by atoms with Gasteiger partial charge in [-0.3, -0.25) is 14.4 Å². The van der Waals surface area contributed by atoms with Gasteiger partial charge in [0.15, 0.2) is 12.4 Å². The molecule has 1 saturated heterocycles. The summed E-state index contributed by atoms with van der Waals surface area (Å²) in [6.45, 7) is 3.76. The van der Waals surface area contributed by atoms with Crippen molar-refractivity contribution in [3.63, 3.8) is 0 Å². The third-order valence-corrected chi connectivity index (χ3v) is 6.33. The predicted octanol–water partition coefficient (Wildman–Crippen LogP) is 4.56. The van der Waals surface area contributed by atoms with Crippen molar-refractivity contribution in [2.24, 2.45) is 5.92 Å². The Balaban J connectivity index is 1.27. The number of carbonyl (C=O) groups is 5. The van der Waals surface area contributed by atoms with Gasteiger partial charge in [-0.2, -0.15) is 0 Å². The van der Waals surface area contributed by atoms with Crippen LogP contribution in [0.5, 0.6) is 5.75 Å². The Hall–Kier alpha value is -4.79. The monoisotopic (exact) mass is 543 g/mol.